The second kappa shape index (κ2) is 9.57. The summed E-state index contributed by atoms with van der Waals surface area (Å²) in [6.07, 6.45) is 3.31. The monoisotopic (exact) mass is 418 g/mol. The van der Waals surface area contributed by atoms with E-state index in [-0.39, 0.29) is 11.2 Å². The van der Waals surface area contributed by atoms with E-state index in [1.165, 1.54) is 11.8 Å². The van der Waals surface area contributed by atoms with E-state index in [9.17, 15) is 4.79 Å². The van der Waals surface area contributed by atoms with Crippen LogP contribution in [0.15, 0.2) is 58.4 Å². The highest BCUT2D eigenvalue weighted by Gasteiger charge is 2.21. The van der Waals surface area contributed by atoms with Crippen LogP contribution in [-0.4, -0.2) is 51.4 Å². The highest BCUT2D eigenvalue weighted by atomic mass is 35.5. The molecule has 3 aromatic rings. The number of aromatic nitrogens is 3. The lowest BCUT2D eigenvalue weighted by Gasteiger charge is -2.20. The van der Waals surface area contributed by atoms with Crippen molar-refractivity contribution in [2.45, 2.75) is 17.4 Å². The van der Waals surface area contributed by atoms with Crippen molar-refractivity contribution >= 4 is 29.3 Å². The zero-order chi connectivity index (χ0) is 19.9. The molecule has 1 unspecified atom stereocenters. The zero-order valence-electron chi connectivity index (χ0n) is 15.4. The summed E-state index contributed by atoms with van der Waals surface area (Å²) in [5.41, 5.74) is 0.734. The van der Waals surface area contributed by atoms with Crippen LogP contribution in [0.5, 0.6) is 5.75 Å². The fraction of sp³-hybridized carbons (Fsp3) is 0.263. The van der Waals surface area contributed by atoms with Gasteiger partial charge in [-0.3, -0.25) is 9.78 Å². The van der Waals surface area contributed by atoms with Gasteiger partial charge < -0.3 is 14.1 Å². The quantitative estimate of drug-likeness (QED) is 0.514. The summed E-state index contributed by atoms with van der Waals surface area (Å²) in [5.74, 6) is 1.03. The van der Waals surface area contributed by atoms with E-state index < -0.39 is 0 Å². The number of hydrogen-bond donors (Lipinski definition) is 0. The molecule has 0 fully saturated rings. The van der Waals surface area contributed by atoms with Crippen LogP contribution in [0.4, 0.5) is 0 Å². The minimum atomic E-state index is -0.372. The van der Waals surface area contributed by atoms with Crippen molar-refractivity contribution in [3.05, 3.63) is 53.8 Å². The van der Waals surface area contributed by atoms with Crippen molar-refractivity contribution in [1.82, 2.24) is 20.1 Å². The van der Waals surface area contributed by atoms with Crippen molar-refractivity contribution in [3.8, 4) is 17.2 Å². The fourth-order valence-corrected chi connectivity index (χ4v) is 3.24. The molecule has 0 saturated carbocycles. The highest BCUT2D eigenvalue weighted by Crippen LogP contribution is 2.26. The van der Waals surface area contributed by atoms with Gasteiger partial charge in [0.2, 0.25) is 11.8 Å². The number of nitrogens with zero attached hydrogens (tertiary/aromatic N) is 4. The van der Waals surface area contributed by atoms with Crippen LogP contribution in [-0.2, 0) is 4.79 Å². The maximum Gasteiger partial charge on any atom is 0.277 e. The summed E-state index contributed by atoms with van der Waals surface area (Å²) in [6.45, 7) is 2.64. The first-order valence-corrected chi connectivity index (χ1v) is 9.82. The maximum absolute atomic E-state index is 12.5. The van der Waals surface area contributed by atoms with Gasteiger partial charge in [-0.05, 0) is 43.3 Å². The van der Waals surface area contributed by atoms with Gasteiger partial charge in [-0.15, -0.1) is 10.2 Å². The van der Waals surface area contributed by atoms with Gasteiger partial charge >= 0.3 is 0 Å². The molecule has 0 aliphatic rings. The fourth-order valence-electron chi connectivity index (χ4n) is 2.32. The first-order valence-electron chi connectivity index (χ1n) is 8.57. The Hall–Kier alpha value is -2.58. The number of benzene rings is 1. The van der Waals surface area contributed by atoms with E-state index in [0.29, 0.717) is 35.0 Å². The number of likely N-dealkylation sites (N-methyl/N-ethyl adjacent to an activating group) is 1. The van der Waals surface area contributed by atoms with Crippen LogP contribution < -0.4 is 4.74 Å². The van der Waals surface area contributed by atoms with Gasteiger partial charge in [0.05, 0.1) is 17.4 Å². The Morgan fingerprint density at radius 2 is 2.07 bits per heavy atom. The van der Waals surface area contributed by atoms with Crippen LogP contribution in [0.25, 0.3) is 11.5 Å². The number of carbonyl (C=O) groups excluding carboxylic acids is 1. The molecule has 3 rings (SSSR count). The Bertz CT molecular complexity index is 905. The number of thioether (sulfide) groups is 1. The molecule has 1 amide bonds. The molecular weight excluding hydrogens is 400 g/mol. The van der Waals surface area contributed by atoms with Crippen molar-refractivity contribution in [1.29, 1.82) is 0 Å². The summed E-state index contributed by atoms with van der Waals surface area (Å²) in [7, 11) is 1.74. The van der Waals surface area contributed by atoms with E-state index in [1.54, 1.807) is 61.6 Å². The molecule has 2 heterocycles. The molecule has 1 aromatic carbocycles. The van der Waals surface area contributed by atoms with E-state index >= 15 is 0 Å². The molecular formula is C19H19ClN4O3S. The Morgan fingerprint density at radius 3 is 2.79 bits per heavy atom. The van der Waals surface area contributed by atoms with Gasteiger partial charge in [-0.2, -0.15) is 0 Å². The smallest absolute Gasteiger partial charge is 0.277 e. The van der Waals surface area contributed by atoms with Crippen molar-refractivity contribution in [3.63, 3.8) is 0 Å². The molecule has 146 valence electrons. The van der Waals surface area contributed by atoms with Gasteiger partial charge in [0.15, 0.2) is 0 Å². The number of carbonyl (C=O) groups is 1. The van der Waals surface area contributed by atoms with Crippen LogP contribution in [0.1, 0.15) is 6.92 Å². The SMILES string of the molecule is CC(Sc1nnc(-c2cccnc2)o1)C(=O)N(C)CCOc1ccc(Cl)cc1. The molecule has 0 aliphatic heterocycles. The number of hydrogen-bond acceptors (Lipinski definition) is 7. The number of halogens is 1. The molecule has 1 atom stereocenters. The summed E-state index contributed by atoms with van der Waals surface area (Å²) >= 11 is 7.06. The predicted octanol–water partition coefficient (Wildman–Crippen LogP) is 3.80. The largest absolute Gasteiger partial charge is 0.492 e. The highest BCUT2D eigenvalue weighted by molar-refractivity contribution is 8.00. The Morgan fingerprint density at radius 1 is 1.29 bits per heavy atom. The van der Waals surface area contributed by atoms with Gasteiger partial charge in [0.25, 0.3) is 5.22 Å². The molecule has 28 heavy (non-hydrogen) atoms. The Balaban J connectivity index is 1.48. The van der Waals surface area contributed by atoms with Crippen LogP contribution in [0, 0.1) is 0 Å². The third kappa shape index (κ3) is 5.46. The van der Waals surface area contributed by atoms with Crippen LogP contribution in [0.2, 0.25) is 5.02 Å². The van der Waals surface area contributed by atoms with Crippen molar-refractivity contribution in [2.24, 2.45) is 0 Å². The molecule has 7 nitrogen and oxygen atoms in total. The molecule has 0 N–H and O–H groups in total. The zero-order valence-corrected chi connectivity index (χ0v) is 17.0. The minimum Gasteiger partial charge on any atom is -0.492 e. The molecule has 0 radical (unpaired) electrons. The second-order valence-electron chi connectivity index (χ2n) is 5.94. The normalized spacial score (nSPS) is 11.8. The van der Waals surface area contributed by atoms with Crippen LogP contribution >= 0.6 is 23.4 Å². The standard InChI is InChI=1S/C19H19ClN4O3S/c1-13(28-19-23-22-17(27-19)14-4-3-9-21-12-14)18(25)24(2)10-11-26-16-7-5-15(20)6-8-16/h3-9,12-13H,10-11H2,1-2H3. The molecule has 2 aromatic heterocycles. The van der Waals surface area contributed by atoms with E-state index in [2.05, 4.69) is 15.2 Å². The summed E-state index contributed by atoms with van der Waals surface area (Å²) in [6, 6.07) is 10.7. The number of rotatable bonds is 8. The maximum atomic E-state index is 12.5. The second-order valence-corrected chi connectivity index (χ2v) is 7.67. The number of ether oxygens (including phenoxy) is 1. The number of amides is 1. The van der Waals surface area contributed by atoms with Gasteiger partial charge in [0.1, 0.15) is 12.4 Å². The molecule has 0 saturated heterocycles. The molecule has 9 heteroatoms. The Labute approximate surface area is 172 Å². The van der Waals surface area contributed by atoms with E-state index in [1.807, 2.05) is 6.07 Å². The van der Waals surface area contributed by atoms with Gasteiger partial charge in [-0.1, -0.05) is 23.4 Å². The Kier molecular flexibility index (Phi) is 6.89. The van der Waals surface area contributed by atoms with E-state index in [4.69, 9.17) is 20.8 Å². The lowest BCUT2D eigenvalue weighted by atomic mass is 10.3. The molecule has 0 aliphatic carbocycles. The number of pyridine rings is 1. The van der Waals surface area contributed by atoms with Crippen LogP contribution in [0.3, 0.4) is 0 Å². The third-order valence-corrected chi connectivity index (χ3v) is 5.00. The minimum absolute atomic E-state index is 0.0502. The average molecular weight is 419 g/mol. The average Bonchev–Trinajstić information content (AvgIpc) is 3.18. The first kappa shape index (κ1) is 20.2. The predicted molar refractivity (Wildman–Crippen MR) is 107 cm³/mol. The summed E-state index contributed by atoms with van der Waals surface area (Å²) < 4.78 is 11.2. The summed E-state index contributed by atoms with van der Waals surface area (Å²) in [4.78, 5) is 18.2. The lowest BCUT2D eigenvalue weighted by molar-refractivity contribution is -0.129. The summed E-state index contributed by atoms with van der Waals surface area (Å²) in [5, 5.41) is 8.61. The molecule has 0 spiro atoms. The molecule has 0 bridgehead atoms. The van der Waals surface area contributed by atoms with Crippen molar-refractivity contribution in [2.75, 3.05) is 20.2 Å². The van der Waals surface area contributed by atoms with Gasteiger partial charge in [0, 0.05) is 24.5 Å². The lowest BCUT2D eigenvalue weighted by Crippen LogP contribution is -2.36. The van der Waals surface area contributed by atoms with E-state index in [0.717, 1.165) is 5.56 Å². The van der Waals surface area contributed by atoms with Gasteiger partial charge in [-0.25, -0.2) is 0 Å². The van der Waals surface area contributed by atoms with Crippen molar-refractivity contribution < 1.29 is 13.9 Å². The third-order valence-electron chi connectivity index (χ3n) is 3.83. The topological polar surface area (TPSA) is 81.3 Å². The first-order chi connectivity index (χ1) is 13.5.